The van der Waals surface area contributed by atoms with Crippen LogP contribution >= 0.6 is 0 Å². The molecule has 0 spiro atoms. The minimum absolute atomic E-state index is 0.0400. The second-order valence-electron chi connectivity index (χ2n) is 2.98. The molecule has 2 N–H and O–H groups in total. The van der Waals surface area contributed by atoms with E-state index < -0.39 is 25.4 Å². The van der Waals surface area contributed by atoms with Gasteiger partial charge in [-0.3, -0.25) is 0 Å². The van der Waals surface area contributed by atoms with Gasteiger partial charge in [0.25, 0.3) is 0 Å². The molecule has 1 unspecified atom stereocenters. The zero-order valence-corrected chi connectivity index (χ0v) is 9.33. The molecule has 0 aromatic heterocycles. The second-order valence-corrected chi connectivity index (χ2v) is 2.98. The minimum Gasteiger partial charge on any atom is -0.496 e. The molecule has 0 bridgehead atoms. The van der Waals surface area contributed by atoms with Crippen LogP contribution in [-0.2, 0) is 12.8 Å². The number of ether oxygens (including phenoxy) is 2. The summed E-state index contributed by atoms with van der Waals surface area (Å²) in [7, 11) is 2.72. The summed E-state index contributed by atoms with van der Waals surface area (Å²) < 4.78 is 56.2. The van der Waals surface area contributed by atoms with E-state index in [1.165, 1.54) is 26.4 Å². The van der Waals surface area contributed by atoms with Crippen LogP contribution in [0.3, 0.4) is 0 Å². The fraction of sp³-hybridized carbons (Fsp3) is 0.385. The van der Waals surface area contributed by atoms with Crippen molar-refractivity contribution in [1.82, 2.24) is 0 Å². The van der Waals surface area contributed by atoms with Gasteiger partial charge in [-0.05, 0) is 37.0 Å². The highest BCUT2D eigenvalue weighted by molar-refractivity contribution is 5.47. The van der Waals surface area contributed by atoms with Crippen LogP contribution in [0.1, 0.15) is 19.4 Å². The molecule has 1 atom stereocenters. The van der Waals surface area contributed by atoms with E-state index in [0.717, 1.165) is 0 Å². The standard InChI is InChI=1S/C13H19NO2/c1-4-5-10-8-13(16-3)11(6-7-14)9-12(10)15-2/h4,8-9H,1,5-7,14H2,2-3H3/i1D2,4D,5D2,6D. The second kappa shape index (κ2) is 6.18. The van der Waals surface area contributed by atoms with Crippen LogP contribution in [-0.4, -0.2) is 20.8 Å². The van der Waals surface area contributed by atoms with Crippen LogP contribution in [0, 0.1) is 0 Å². The Kier molecular flexibility index (Phi) is 2.43. The molecule has 0 saturated heterocycles. The van der Waals surface area contributed by atoms with E-state index in [9.17, 15) is 0 Å². The number of hydrogen-bond donors (Lipinski definition) is 1. The van der Waals surface area contributed by atoms with Gasteiger partial charge >= 0.3 is 0 Å². The fourth-order valence-electron chi connectivity index (χ4n) is 1.37. The number of benzene rings is 1. The van der Waals surface area contributed by atoms with Crippen molar-refractivity contribution in [3.8, 4) is 11.5 Å². The molecule has 0 heterocycles. The molecule has 0 amide bonds. The summed E-state index contributed by atoms with van der Waals surface area (Å²) in [6.07, 6.45) is -3.16. The van der Waals surface area contributed by atoms with Crippen molar-refractivity contribution in [3.63, 3.8) is 0 Å². The maximum Gasteiger partial charge on any atom is 0.122 e. The average molecular weight is 227 g/mol. The highest BCUT2D eigenvalue weighted by Gasteiger charge is 2.09. The number of hydrogen-bond acceptors (Lipinski definition) is 3. The summed E-state index contributed by atoms with van der Waals surface area (Å²) in [6, 6.07) is 1.97. The lowest BCUT2D eigenvalue weighted by atomic mass is 10.0. The SMILES string of the molecule is [2H]C([2H])=C([2H])C([2H])([2H])c1cc(OC)c(C([2H])CN)cc1OC. The molecule has 0 fully saturated rings. The minimum atomic E-state index is -2.39. The van der Waals surface area contributed by atoms with Crippen molar-refractivity contribution >= 4 is 0 Å². The third kappa shape index (κ3) is 2.76. The van der Waals surface area contributed by atoms with Crippen LogP contribution < -0.4 is 15.2 Å². The number of methoxy groups -OCH3 is 2. The molecule has 0 saturated carbocycles. The van der Waals surface area contributed by atoms with Crippen LogP contribution in [0.2, 0.25) is 0 Å². The summed E-state index contributed by atoms with van der Waals surface area (Å²) >= 11 is 0. The maximum absolute atomic E-state index is 8.02. The van der Waals surface area contributed by atoms with Gasteiger partial charge in [0.15, 0.2) is 0 Å². The molecular weight excluding hydrogens is 202 g/mol. The first-order chi connectivity index (χ1) is 10.2. The lowest BCUT2D eigenvalue weighted by molar-refractivity contribution is 0.395. The molecule has 3 nitrogen and oxygen atoms in total. The highest BCUT2D eigenvalue weighted by Crippen LogP contribution is 2.29. The van der Waals surface area contributed by atoms with E-state index in [2.05, 4.69) is 0 Å². The first kappa shape index (κ1) is 6.30. The molecule has 16 heavy (non-hydrogen) atoms. The molecule has 0 aliphatic heterocycles. The van der Waals surface area contributed by atoms with E-state index >= 15 is 0 Å². The van der Waals surface area contributed by atoms with Crippen LogP contribution in [0.25, 0.3) is 0 Å². The van der Waals surface area contributed by atoms with Gasteiger partial charge in [-0.15, -0.1) is 6.53 Å². The quantitative estimate of drug-likeness (QED) is 0.755. The van der Waals surface area contributed by atoms with Gasteiger partial charge in [0.1, 0.15) is 11.5 Å². The summed E-state index contributed by atoms with van der Waals surface area (Å²) in [5.41, 5.74) is 5.88. The van der Waals surface area contributed by atoms with Crippen LogP contribution in [0.4, 0.5) is 0 Å². The smallest absolute Gasteiger partial charge is 0.122 e. The van der Waals surface area contributed by atoms with E-state index in [0.29, 0.717) is 5.56 Å². The summed E-state index contributed by atoms with van der Waals surface area (Å²) in [5.74, 6) is 0.354. The molecule has 1 aromatic carbocycles. The average Bonchev–Trinajstić information content (AvgIpc) is 2.51. The number of nitrogens with two attached hydrogens (primary N) is 1. The molecule has 0 aliphatic carbocycles. The van der Waals surface area contributed by atoms with E-state index in [1.807, 2.05) is 0 Å². The molecular formula is C13H19NO2. The summed E-state index contributed by atoms with van der Waals surface area (Å²) in [5, 5.41) is 0. The third-order valence-corrected chi connectivity index (χ3v) is 2.09. The van der Waals surface area contributed by atoms with Crippen molar-refractivity contribution in [3.05, 3.63) is 35.8 Å². The largest absolute Gasteiger partial charge is 0.496 e. The topological polar surface area (TPSA) is 44.5 Å². The van der Waals surface area contributed by atoms with Gasteiger partial charge in [0.2, 0.25) is 0 Å². The Hall–Kier alpha value is -1.48. The Morgan fingerprint density at radius 1 is 1.44 bits per heavy atom. The zero-order chi connectivity index (χ0) is 17.1. The molecule has 0 aliphatic rings. The third-order valence-electron chi connectivity index (χ3n) is 2.09. The highest BCUT2D eigenvalue weighted by atomic mass is 16.5. The summed E-state index contributed by atoms with van der Waals surface area (Å²) in [6.45, 7) is -0.866. The normalized spacial score (nSPS) is 17.9. The fourth-order valence-corrected chi connectivity index (χ4v) is 1.37. The predicted molar refractivity (Wildman–Crippen MR) is 66.2 cm³/mol. The maximum atomic E-state index is 8.02. The van der Waals surface area contributed by atoms with Gasteiger partial charge in [-0.1, -0.05) is 6.05 Å². The summed E-state index contributed by atoms with van der Waals surface area (Å²) in [4.78, 5) is 0. The Bertz CT molecular complexity index is 572. The van der Waals surface area contributed by atoms with Crippen LogP contribution in [0.5, 0.6) is 11.5 Å². The van der Waals surface area contributed by atoms with Gasteiger partial charge in [-0.2, -0.15) is 0 Å². The van der Waals surface area contributed by atoms with Gasteiger partial charge in [0.05, 0.1) is 18.3 Å². The molecule has 3 heteroatoms. The van der Waals surface area contributed by atoms with E-state index in [-0.39, 0.29) is 23.6 Å². The van der Waals surface area contributed by atoms with Crippen molar-refractivity contribution in [2.24, 2.45) is 5.73 Å². The molecule has 1 rings (SSSR count). The Morgan fingerprint density at radius 3 is 2.62 bits per heavy atom. The van der Waals surface area contributed by atoms with Gasteiger partial charge in [0, 0.05) is 9.68 Å². The number of rotatable bonds is 6. The van der Waals surface area contributed by atoms with Crippen molar-refractivity contribution in [2.45, 2.75) is 12.8 Å². The predicted octanol–water partition coefficient (Wildman–Crippen LogP) is 1.93. The molecule has 1 aromatic rings. The monoisotopic (exact) mass is 227 g/mol. The molecule has 88 valence electrons. The Morgan fingerprint density at radius 2 is 2.06 bits per heavy atom. The lowest BCUT2D eigenvalue weighted by Gasteiger charge is -2.13. The van der Waals surface area contributed by atoms with Crippen molar-refractivity contribution in [2.75, 3.05) is 20.8 Å². The van der Waals surface area contributed by atoms with Crippen molar-refractivity contribution < 1.29 is 17.7 Å². The van der Waals surface area contributed by atoms with Gasteiger partial charge < -0.3 is 15.2 Å². The van der Waals surface area contributed by atoms with E-state index in [1.54, 1.807) is 0 Å². The van der Waals surface area contributed by atoms with Gasteiger partial charge in [-0.25, -0.2) is 0 Å². The van der Waals surface area contributed by atoms with E-state index in [4.69, 9.17) is 23.4 Å². The first-order valence-electron chi connectivity index (χ1n) is 7.81. The Balaban J connectivity index is 3.59. The zero-order valence-electron chi connectivity index (χ0n) is 15.3. The van der Waals surface area contributed by atoms with Crippen molar-refractivity contribution in [1.29, 1.82) is 0 Å². The lowest BCUT2D eigenvalue weighted by Crippen LogP contribution is -2.05. The molecule has 0 radical (unpaired) electrons. The van der Waals surface area contributed by atoms with Crippen LogP contribution in [0.15, 0.2) is 24.7 Å². The first-order valence-corrected chi connectivity index (χ1v) is 4.73. The Labute approximate surface area is 105 Å². The number of allylic oxidation sites excluding steroid dienone is 1.